The number of ether oxygens (including phenoxy) is 1. The van der Waals surface area contributed by atoms with Gasteiger partial charge in [0.25, 0.3) is 5.91 Å². The molecule has 2 aromatic carbocycles. The number of nitrogens with zero attached hydrogens (tertiary/aromatic N) is 1. The number of carbonyl (C=O) groups excluding carboxylic acids is 1. The maximum atomic E-state index is 13.0. The Hall–Kier alpha value is -2.81. The van der Waals surface area contributed by atoms with Crippen LogP contribution < -0.4 is 9.64 Å². The molecule has 3 heteroatoms. The fourth-order valence-corrected chi connectivity index (χ4v) is 3.34. The van der Waals surface area contributed by atoms with Gasteiger partial charge in [0.2, 0.25) is 0 Å². The van der Waals surface area contributed by atoms with Gasteiger partial charge in [-0.2, -0.15) is 0 Å². The number of benzene rings is 2. The second kappa shape index (κ2) is 6.60. The highest BCUT2D eigenvalue weighted by Crippen LogP contribution is 2.40. The lowest BCUT2D eigenvalue weighted by molar-refractivity contribution is -0.114. The molecular weight excluding hydrogens is 310 g/mol. The summed E-state index contributed by atoms with van der Waals surface area (Å²) in [5, 5.41) is 0. The van der Waals surface area contributed by atoms with Crippen LogP contribution in [0.25, 0.3) is 11.6 Å². The van der Waals surface area contributed by atoms with Crippen LogP contribution in [0, 0.1) is 0 Å². The molecule has 2 aromatic rings. The molecule has 1 aliphatic rings. The first-order chi connectivity index (χ1) is 11.9. The molecule has 0 N–H and O–H groups in total. The minimum absolute atomic E-state index is 0.0379. The van der Waals surface area contributed by atoms with Crippen LogP contribution in [0.4, 0.5) is 5.69 Å². The molecule has 0 saturated heterocycles. The molecule has 1 aliphatic heterocycles. The lowest BCUT2D eigenvalue weighted by Gasteiger charge is -2.41. The summed E-state index contributed by atoms with van der Waals surface area (Å²) in [7, 11) is 1.65. The van der Waals surface area contributed by atoms with E-state index in [4.69, 9.17) is 4.74 Å². The average Bonchev–Trinajstić information content (AvgIpc) is 2.60. The van der Waals surface area contributed by atoms with Crippen molar-refractivity contribution in [1.29, 1.82) is 0 Å². The van der Waals surface area contributed by atoms with Crippen LogP contribution in [0.3, 0.4) is 0 Å². The zero-order valence-corrected chi connectivity index (χ0v) is 15.1. The quantitative estimate of drug-likeness (QED) is 0.745. The predicted molar refractivity (Wildman–Crippen MR) is 104 cm³/mol. The lowest BCUT2D eigenvalue weighted by Crippen LogP contribution is -2.48. The summed E-state index contributed by atoms with van der Waals surface area (Å²) < 4.78 is 5.34. The van der Waals surface area contributed by atoms with Crippen molar-refractivity contribution in [3.05, 3.63) is 71.8 Å². The molecule has 0 fully saturated rings. The third kappa shape index (κ3) is 3.36. The van der Waals surface area contributed by atoms with Gasteiger partial charge in [-0.3, -0.25) is 9.69 Å². The molecule has 0 aliphatic carbocycles. The van der Waals surface area contributed by atoms with E-state index in [9.17, 15) is 4.79 Å². The minimum atomic E-state index is -0.399. The van der Waals surface area contributed by atoms with Crippen LogP contribution in [0.2, 0.25) is 0 Å². The van der Waals surface area contributed by atoms with E-state index >= 15 is 0 Å². The summed E-state index contributed by atoms with van der Waals surface area (Å²) in [6.07, 6.45) is 5.62. The van der Waals surface area contributed by atoms with Crippen LogP contribution in [-0.4, -0.2) is 18.6 Å². The molecule has 1 heterocycles. The van der Waals surface area contributed by atoms with Crippen LogP contribution in [0.15, 0.2) is 60.7 Å². The summed E-state index contributed by atoms with van der Waals surface area (Å²) in [5.74, 6) is 0.752. The summed E-state index contributed by atoms with van der Waals surface area (Å²) in [6, 6.07) is 15.7. The fourth-order valence-electron chi connectivity index (χ4n) is 3.34. The van der Waals surface area contributed by atoms with Crippen LogP contribution in [-0.2, 0) is 4.79 Å². The summed E-state index contributed by atoms with van der Waals surface area (Å²) in [6.45, 7) is 6.18. The largest absolute Gasteiger partial charge is 0.497 e. The molecule has 0 spiro atoms. The van der Waals surface area contributed by atoms with Crippen molar-refractivity contribution >= 4 is 23.2 Å². The van der Waals surface area contributed by atoms with E-state index in [0.717, 1.165) is 28.1 Å². The smallest absolute Gasteiger partial charge is 0.251 e. The molecule has 3 rings (SSSR count). The van der Waals surface area contributed by atoms with Crippen molar-refractivity contribution in [3.63, 3.8) is 0 Å². The fraction of sp³-hybridized carbons (Fsp3) is 0.227. The number of allylic oxidation sites excluding steroid dienone is 1. The monoisotopic (exact) mass is 333 g/mol. The van der Waals surface area contributed by atoms with E-state index in [-0.39, 0.29) is 5.91 Å². The van der Waals surface area contributed by atoms with Gasteiger partial charge in [-0.05, 0) is 56.2 Å². The van der Waals surface area contributed by atoms with Crippen molar-refractivity contribution in [2.45, 2.75) is 26.3 Å². The Kier molecular flexibility index (Phi) is 4.49. The molecular formula is C22H23NO2. The third-order valence-corrected chi connectivity index (χ3v) is 4.45. The van der Waals surface area contributed by atoms with E-state index in [1.165, 1.54) is 0 Å². The van der Waals surface area contributed by atoms with Crippen molar-refractivity contribution < 1.29 is 9.53 Å². The minimum Gasteiger partial charge on any atom is -0.497 e. The van der Waals surface area contributed by atoms with Crippen molar-refractivity contribution in [3.8, 4) is 5.75 Å². The van der Waals surface area contributed by atoms with Crippen LogP contribution >= 0.6 is 0 Å². The summed E-state index contributed by atoms with van der Waals surface area (Å²) in [5.41, 5.74) is 3.69. The first-order valence-corrected chi connectivity index (χ1v) is 8.37. The second-order valence-electron chi connectivity index (χ2n) is 6.78. The van der Waals surface area contributed by atoms with Gasteiger partial charge in [0.15, 0.2) is 0 Å². The van der Waals surface area contributed by atoms with Crippen LogP contribution in [0.1, 0.15) is 31.9 Å². The Bertz CT molecular complexity index is 848. The molecule has 0 bridgehead atoms. The number of fused-ring (bicyclic) bond motifs is 1. The lowest BCUT2D eigenvalue weighted by atomic mass is 9.88. The van der Waals surface area contributed by atoms with Gasteiger partial charge >= 0.3 is 0 Å². The number of methoxy groups -OCH3 is 1. The molecule has 0 atom stereocenters. The number of anilines is 1. The van der Waals surface area contributed by atoms with E-state index < -0.39 is 5.54 Å². The summed E-state index contributed by atoms with van der Waals surface area (Å²) >= 11 is 0. The zero-order valence-electron chi connectivity index (χ0n) is 15.1. The average molecular weight is 333 g/mol. The molecule has 3 nitrogen and oxygen atoms in total. The van der Waals surface area contributed by atoms with Gasteiger partial charge in [-0.15, -0.1) is 0 Å². The first-order valence-electron chi connectivity index (χ1n) is 8.37. The topological polar surface area (TPSA) is 29.5 Å². The SMILES string of the molecule is COc1ccc2c(c1)C(C)=CC(C)(C)N2C(=O)C=Cc1ccccc1. The maximum absolute atomic E-state index is 13.0. The van der Waals surface area contributed by atoms with Crippen LogP contribution in [0.5, 0.6) is 5.75 Å². The molecule has 0 aromatic heterocycles. The Morgan fingerprint density at radius 2 is 1.84 bits per heavy atom. The Morgan fingerprint density at radius 3 is 2.52 bits per heavy atom. The molecule has 128 valence electrons. The normalized spacial score (nSPS) is 15.7. The number of hydrogen-bond donors (Lipinski definition) is 0. The van der Waals surface area contributed by atoms with Gasteiger partial charge < -0.3 is 4.74 Å². The Morgan fingerprint density at radius 1 is 1.12 bits per heavy atom. The standard InChI is InChI=1S/C22H23NO2/c1-16-15-22(2,3)23(20-12-11-18(25-4)14-19(16)20)21(24)13-10-17-8-6-5-7-9-17/h5-15H,1-4H3. The van der Waals surface area contributed by atoms with E-state index in [2.05, 4.69) is 26.8 Å². The Balaban J connectivity index is 2.00. The van der Waals surface area contributed by atoms with Crippen molar-refractivity contribution in [1.82, 2.24) is 0 Å². The number of hydrogen-bond acceptors (Lipinski definition) is 2. The van der Waals surface area contributed by atoms with Gasteiger partial charge in [0, 0.05) is 11.6 Å². The Labute approximate surface area is 149 Å². The van der Waals surface area contributed by atoms with E-state index in [1.807, 2.05) is 59.5 Å². The van der Waals surface area contributed by atoms with Crippen molar-refractivity contribution in [2.24, 2.45) is 0 Å². The predicted octanol–water partition coefficient (Wildman–Crippen LogP) is 4.94. The molecule has 0 unspecified atom stereocenters. The second-order valence-corrected chi connectivity index (χ2v) is 6.78. The van der Waals surface area contributed by atoms with Crippen molar-refractivity contribution in [2.75, 3.05) is 12.0 Å². The zero-order chi connectivity index (χ0) is 18.0. The highest BCUT2D eigenvalue weighted by molar-refractivity contribution is 6.08. The van der Waals surface area contributed by atoms with E-state index in [0.29, 0.717) is 0 Å². The number of amides is 1. The highest BCUT2D eigenvalue weighted by Gasteiger charge is 2.34. The number of rotatable bonds is 3. The van der Waals surface area contributed by atoms with Gasteiger partial charge in [0.05, 0.1) is 18.3 Å². The maximum Gasteiger partial charge on any atom is 0.251 e. The highest BCUT2D eigenvalue weighted by atomic mass is 16.5. The number of carbonyl (C=O) groups is 1. The molecule has 0 radical (unpaired) electrons. The summed E-state index contributed by atoms with van der Waals surface area (Å²) in [4.78, 5) is 14.8. The van der Waals surface area contributed by atoms with Gasteiger partial charge in [-0.1, -0.05) is 36.4 Å². The molecule has 1 amide bonds. The molecule has 25 heavy (non-hydrogen) atoms. The van der Waals surface area contributed by atoms with Gasteiger partial charge in [0.1, 0.15) is 5.75 Å². The van der Waals surface area contributed by atoms with E-state index in [1.54, 1.807) is 13.2 Å². The third-order valence-electron chi connectivity index (χ3n) is 4.45. The van der Waals surface area contributed by atoms with Gasteiger partial charge in [-0.25, -0.2) is 0 Å². The molecule has 0 saturated carbocycles. The first kappa shape index (κ1) is 17.0.